The van der Waals surface area contributed by atoms with Crippen LogP contribution in [0, 0.1) is 0 Å². The van der Waals surface area contributed by atoms with E-state index in [0.717, 1.165) is 11.2 Å². The average Bonchev–Trinajstić information content (AvgIpc) is 3.13. The van der Waals surface area contributed by atoms with Crippen LogP contribution in [0.1, 0.15) is 5.56 Å². The number of halogens is 1. The molecule has 0 spiro atoms. The van der Waals surface area contributed by atoms with Crippen molar-refractivity contribution in [3.8, 4) is 0 Å². The van der Waals surface area contributed by atoms with Gasteiger partial charge in [0.1, 0.15) is 16.2 Å². The quantitative estimate of drug-likeness (QED) is 0.269. The van der Waals surface area contributed by atoms with E-state index in [1.807, 2.05) is 54.6 Å². The van der Waals surface area contributed by atoms with Crippen LogP contribution in [0.3, 0.4) is 0 Å². The Kier molecular flexibility index (Phi) is 5.06. The molecule has 4 rings (SSSR count). The van der Waals surface area contributed by atoms with Gasteiger partial charge in [0.2, 0.25) is 0 Å². The number of thiocarbonyl (C=S) groups is 1. The van der Waals surface area contributed by atoms with Crippen molar-refractivity contribution in [2.24, 2.45) is 0 Å². The standard InChI is InChI=1S/C21H15ClN4OS/c22-15-12-10-14(11-13-15)20(27)19(21(28)23-16-6-2-1-3-7-16)26-18-9-5-4-8-17(18)24-25-26/h1-13,27H,(H,23,28)/b20-19+. The zero-order valence-electron chi connectivity index (χ0n) is 14.6. The van der Waals surface area contributed by atoms with Gasteiger partial charge in [0.05, 0.1) is 5.52 Å². The Morgan fingerprint density at radius 2 is 1.61 bits per heavy atom. The van der Waals surface area contributed by atoms with Gasteiger partial charge in [0.15, 0.2) is 5.76 Å². The molecule has 7 heteroatoms. The predicted octanol–water partition coefficient (Wildman–Crippen LogP) is 5.41. The van der Waals surface area contributed by atoms with E-state index in [0.29, 0.717) is 26.8 Å². The molecule has 0 radical (unpaired) electrons. The van der Waals surface area contributed by atoms with Gasteiger partial charge in [-0.1, -0.05) is 59.4 Å². The Bertz CT molecular complexity index is 1170. The molecule has 1 aromatic heterocycles. The van der Waals surface area contributed by atoms with E-state index in [1.165, 1.54) is 4.68 Å². The molecule has 0 saturated carbocycles. The number of hydrogen-bond donors (Lipinski definition) is 2. The van der Waals surface area contributed by atoms with E-state index < -0.39 is 0 Å². The number of aliphatic hydroxyl groups is 1. The summed E-state index contributed by atoms with van der Waals surface area (Å²) in [6, 6.07) is 23.8. The topological polar surface area (TPSA) is 63.0 Å². The summed E-state index contributed by atoms with van der Waals surface area (Å²) in [6.45, 7) is 0. The third-order valence-electron chi connectivity index (χ3n) is 4.15. The van der Waals surface area contributed by atoms with Gasteiger partial charge in [-0.2, -0.15) is 0 Å². The van der Waals surface area contributed by atoms with Crippen molar-refractivity contribution in [2.45, 2.75) is 0 Å². The van der Waals surface area contributed by atoms with Crippen LogP contribution in [-0.2, 0) is 0 Å². The van der Waals surface area contributed by atoms with Gasteiger partial charge < -0.3 is 10.4 Å². The van der Waals surface area contributed by atoms with Gasteiger partial charge in [-0.15, -0.1) is 5.10 Å². The van der Waals surface area contributed by atoms with Crippen LogP contribution in [0.4, 0.5) is 5.69 Å². The zero-order valence-corrected chi connectivity index (χ0v) is 16.2. The van der Waals surface area contributed by atoms with E-state index in [9.17, 15) is 5.11 Å². The van der Waals surface area contributed by atoms with Gasteiger partial charge in [-0.05, 0) is 48.5 Å². The number of aliphatic hydroxyl groups excluding tert-OH is 1. The van der Waals surface area contributed by atoms with Crippen LogP contribution in [-0.4, -0.2) is 25.1 Å². The minimum absolute atomic E-state index is 0.0271. The molecule has 0 aliphatic carbocycles. The summed E-state index contributed by atoms with van der Waals surface area (Å²) < 4.78 is 1.54. The number of hydrogen-bond acceptors (Lipinski definition) is 4. The summed E-state index contributed by atoms with van der Waals surface area (Å²) in [5.74, 6) is -0.0271. The van der Waals surface area contributed by atoms with Gasteiger partial charge in [-0.25, -0.2) is 4.68 Å². The van der Waals surface area contributed by atoms with Crippen molar-refractivity contribution < 1.29 is 5.11 Å². The molecule has 4 aromatic rings. The number of anilines is 1. The normalized spacial score (nSPS) is 11.9. The summed E-state index contributed by atoms with van der Waals surface area (Å²) in [7, 11) is 0. The monoisotopic (exact) mass is 406 g/mol. The lowest BCUT2D eigenvalue weighted by Crippen LogP contribution is -2.18. The van der Waals surface area contributed by atoms with Crippen LogP contribution in [0.5, 0.6) is 0 Å². The lowest BCUT2D eigenvalue weighted by molar-refractivity contribution is 0.511. The van der Waals surface area contributed by atoms with E-state index >= 15 is 0 Å². The average molecular weight is 407 g/mol. The Balaban J connectivity index is 1.86. The molecule has 0 aliphatic heterocycles. The van der Waals surface area contributed by atoms with Crippen LogP contribution >= 0.6 is 23.8 Å². The van der Waals surface area contributed by atoms with Crippen LogP contribution in [0.2, 0.25) is 5.02 Å². The molecular formula is C21H15ClN4OS. The summed E-state index contributed by atoms with van der Waals surface area (Å²) in [5, 5.41) is 23.2. The number of fused-ring (bicyclic) bond motifs is 1. The minimum Gasteiger partial charge on any atom is -0.505 e. The maximum absolute atomic E-state index is 11.1. The highest BCUT2D eigenvalue weighted by atomic mass is 35.5. The first-order valence-corrected chi connectivity index (χ1v) is 9.28. The Hall–Kier alpha value is -3.22. The Labute approximate surface area is 171 Å². The van der Waals surface area contributed by atoms with Crippen molar-refractivity contribution >= 4 is 57.0 Å². The van der Waals surface area contributed by atoms with E-state index in [-0.39, 0.29) is 5.76 Å². The fourth-order valence-electron chi connectivity index (χ4n) is 2.79. The van der Waals surface area contributed by atoms with Crippen LogP contribution in [0.25, 0.3) is 22.5 Å². The number of aromatic nitrogens is 3. The summed E-state index contributed by atoms with van der Waals surface area (Å²) >= 11 is 11.6. The molecule has 0 atom stereocenters. The fraction of sp³-hybridized carbons (Fsp3) is 0. The van der Waals surface area contributed by atoms with Crippen molar-refractivity contribution in [3.05, 3.63) is 89.4 Å². The predicted molar refractivity (Wildman–Crippen MR) is 117 cm³/mol. The molecule has 0 aliphatic rings. The molecule has 138 valence electrons. The van der Waals surface area contributed by atoms with Gasteiger partial charge >= 0.3 is 0 Å². The van der Waals surface area contributed by atoms with Crippen molar-refractivity contribution in [2.75, 3.05) is 5.32 Å². The van der Waals surface area contributed by atoms with Crippen molar-refractivity contribution in [1.29, 1.82) is 0 Å². The van der Waals surface area contributed by atoms with E-state index in [1.54, 1.807) is 24.3 Å². The first-order chi connectivity index (χ1) is 13.6. The highest BCUT2D eigenvalue weighted by Gasteiger charge is 2.19. The van der Waals surface area contributed by atoms with Crippen LogP contribution in [0.15, 0.2) is 78.9 Å². The maximum atomic E-state index is 11.1. The number of benzene rings is 3. The second-order valence-corrected chi connectivity index (χ2v) is 6.86. The van der Waals surface area contributed by atoms with Gasteiger partial charge in [0.25, 0.3) is 0 Å². The lowest BCUT2D eigenvalue weighted by atomic mass is 10.1. The first-order valence-electron chi connectivity index (χ1n) is 8.50. The molecular weight excluding hydrogens is 392 g/mol. The molecule has 0 fully saturated rings. The van der Waals surface area contributed by atoms with Gasteiger partial charge in [0, 0.05) is 16.3 Å². The molecule has 0 unspecified atom stereocenters. The SMILES string of the molecule is O/C(=C(\C(=S)Nc1ccccc1)n1nnc2ccccc21)c1ccc(Cl)cc1. The molecule has 3 aromatic carbocycles. The third-order valence-corrected chi connectivity index (χ3v) is 4.70. The smallest absolute Gasteiger partial charge is 0.151 e. The van der Waals surface area contributed by atoms with Crippen LogP contribution < -0.4 is 5.32 Å². The molecule has 0 amide bonds. The lowest BCUT2D eigenvalue weighted by Gasteiger charge is -2.15. The highest BCUT2D eigenvalue weighted by molar-refractivity contribution is 7.81. The van der Waals surface area contributed by atoms with E-state index in [2.05, 4.69) is 15.6 Å². The summed E-state index contributed by atoms with van der Waals surface area (Å²) in [4.78, 5) is 0.314. The fourth-order valence-corrected chi connectivity index (χ4v) is 3.22. The molecule has 5 nitrogen and oxygen atoms in total. The molecule has 28 heavy (non-hydrogen) atoms. The molecule has 2 N–H and O–H groups in total. The van der Waals surface area contributed by atoms with Crippen molar-refractivity contribution in [3.63, 3.8) is 0 Å². The van der Waals surface area contributed by atoms with E-state index in [4.69, 9.17) is 23.8 Å². The van der Waals surface area contributed by atoms with Crippen molar-refractivity contribution in [1.82, 2.24) is 15.0 Å². The Morgan fingerprint density at radius 1 is 0.929 bits per heavy atom. The molecule has 0 bridgehead atoms. The second-order valence-electron chi connectivity index (χ2n) is 6.01. The minimum atomic E-state index is -0.0271. The largest absolute Gasteiger partial charge is 0.505 e. The second kappa shape index (κ2) is 7.80. The number of nitrogens with one attached hydrogen (secondary N) is 1. The first kappa shape index (κ1) is 18.2. The summed E-state index contributed by atoms with van der Waals surface area (Å²) in [6.07, 6.45) is 0. The number of para-hydroxylation sites is 2. The Morgan fingerprint density at radius 3 is 2.36 bits per heavy atom. The zero-order chi connectivity index (χ0) is 19.5. The van der Waals surface area contributed by atoms with Gasteiger partial charge in [-0.3, -0.25) is 0 Å². The molecule has 0 saturated heterocycles. The maximum Gasteiger partial charge on any atom is 0.151 e. The number of rotatable bonds is 4. The molecule has 1 heterocycles. The highest BCUT2D eigenvalue weighted by Crippen LogP contribution is 2.26. The summed E-state index contributed by atoms with van der Waals surface area (Å²) in [5.41, 5.74) is 3.13. The third kappa shape index (κ3) is 3.60. The number of nitrogens with zero attached hydrogens (tertiary/aromatic N) is 3.